The number of rotatable bonds is 3. The molecule has 1 saturated carbocycles. The summed E-state index contributed by atoms with van der Waals surface area (Å²) in [5.74, 6) is 2.05. The molecule has 1 aliphatic rings. The van der Waals surface area contributed by atoms with Crippen molar-refractivity contribution < 1.29 is 0 Å². The van der Waals surface area contributed by atoms with Crippen molar-refractivity contribution in [2.24, 2.45) is 11.8 Å². The van der Waals surface area contributed by atoms with Gasteiger partial charge >= 0.3 is 0 Å². The lowest BCUT2D eigenvalue weighted by molar-refractivity contribution is 0.265. The van der Waals surface area contributed by atoms with Crippen molar-refractivity contribution in [2.45, 2.75) is 17.7 Å². The zero-order valence-corrected chi connectivity index (χ0v) is 8.83. The summed E-state index contributed by atoms with van der Waals surface area (Å²) in [5.41, 5.74) is 0. The molecule has 2 rings (SSSR count). The molecule has 0 amide bonds. The average molecular weight is 203 g/mol. The van der Waals surface area contributed by atoms with Crippen LogP contribution in [-0.4, -0.2) is 5.75 Å². The van der Waals surface area contributed by atoms with Crippen LogP contribution in [0.3, 0.4) is 0 Å². The first-order chi connectivity index (χ1) is 6.90. The summed E-state index contributed by atoms with van der Waals surface area (Å²) in [7, 11) is 0. The summed E-state index contributed by atoms with van der Waals surface area (Å²) in [6.45, 7) is 0. The number of nitrogens with zero attached hydrogens (tertiary/aromatic N) is 1. The predicted molar refractivity (Wildman–Crippen MR) is 59.0 cm³/mol. The fourth-order valence-electron chi connectivity index (χ4n) is 1.66. The summed E-state index contributed by atoms with van der Waals surface area (Å²) in [4.78, 5) is 1.32. The maximum atomic E-state index is 8.79. The Hall–Kier alpha value is -0.940. The lowest BCUT2D eigenvalue weighted by Crippen LogP contribution is -2.26. The molecule has 1 nitrogen and oxygen atoms in total. The molecule has 0 aromatic heterocycles. The predicted octanol–water partition coefficient (Wildman–Crippen LogP) is 3.33. The van der Waals surface area contributed by atoms with Gasteiger partial charge in [-0.15, -0.1) is 11.8 Å². The Balaban J connectivity index is 1.81. The Labute approximate surface area is 89.1 Å². The molecule has 0 saturated heterocycles. The topological polar surface area (TPSA) is 23.8 Å². The molecule has 1 fully saturated rings. The van der Waals surface area contributed by atoms with Gasteiger partial charge in [0, 0.05) is 16.6 Å². The van der Waals surface area contributed by atoms with Gasteiger partial charge in [0.15, 0.2) is 0 Å². The van der Waals surface area contributed by atoms with E-state index in [1.54, 1.807) is 0 Å². The number of hydrogen-bond acceptors (Lipinski definition) is 2. The van der Waals surface area contributed by atoms with Gasteiger partial charge in [0.2, 0.25) is 0 Å². The van der Waals surface area contributed by atoms with Gasteiger partial charge in [0.1, 0.15) is 0 Å². The van der Waals surface area contributed by atoms with Crippen LogP contribution in [0.25, 0.3) is 0 Å². The van der Waals surface area contributed by atoms with Crippen LogP contribution in [0, 0.1) is 23.2 Å². The van der Waals surface area contributed by atoms with Gasteiger partial charge in [0.05, 0.1) is 6.07 Å². The molecular formula is C12H13NS. The molecule has 0 spiro atoms. The van der Waals surface area contributed by atoms with Crippen LogP contribution in [0.1, 0.15) is 12.8 Å². The molecule has 1 aromatic rings. The van der Waals surface area contributed by atoms with E-state index in [0.29, 0.717) is 11.8 Å². The van der Waals surface area contributed by atoms with Crippen molar-refractivity contribution in [1.29, 1.82) is 5.26 Å². The smallest absolute Gasteiger partial charge is 0.0659 e. The molecule has 1 aromatic carbocycles. The molecule has 72 valence electrons. The summed E-state index contributed by atoms with van der Waals surface area (Å²) in [6.07, 6.45) is 2.34. The summed E-state index contributed by atoms with van der Waals surface area (Å²) >= 11 is 1.87. The first kappa shape index (κ1) is 9.61. The molecule has 2 heteroatoms. The number of nitriles is 1. The maximum absolute atomic E-state index is 8.79. The highest BCUT2D eigenvalue weighted by Crippen LogP contribution is 2.37. The van der Waals surface area contributed by atoms with Gasteiger partial charge in [-0.05, 0) is 30.9 Å². The van der Waals surface area contributed by atoms with Crippen molar-refractivity contribution in [2.75, 3.05) is 5.75 Å². The van der Waals surface area contributed by atoms with E-state index in [9.17, 15) is 0 Å². The first-order valence-electron chi connectivity index (χ1n) is 4.97. The molecule has 0 N–H and O–H groups in total. The number of hydrogen-bond donors (Lipinski definition) is 0. The molecule has 2 atom stereocenters. The van der Waals surface area contributed by atoms with Gasteiger partial charge in [-0.1, -0.05) is 18.2 Å². The number of benzene rings is 1. The van der Waals surface area contributed by atoms with Crippen molar-refractivity contribution in [3.8, 4) is 6.07 Å². The van der Waals surface area contributed by atoms with Crippen LogP contribution in [0.4, 0.5) is 0 Å². The zero-order chi connectivity index (χ0) is 9.80. The van der Waals surface area contributed by atoms with E-state index in [1.807, 2.05) is 17.8 Å². The van der Waals surface area contributed by atoms with Crippen molar-refractivity contribution in [3.05, 3.63) is 30.3 Å². The molecule has 0 unspecified atom stereocenters. The summed E-state index contributed by atoms with van der Waals surface area (Å²) < 4.78 is 0. The van der Waals surface area contributed by atoms with Gasteiger partial charge in [-0.2, -0.15) is 5.26 Å². The van der Waals surface area contributed by atoms with E-state index in [1.165, 1.54) is 11.3 Å². The quantitative estimate of drug-likeness (QED) is 0.703. The Kier molecular flexibility index (Phi) is 3.10. The van der Waals surface area contributed by atoms with E-state index in [2.05, 4.69) is 30.3 Å². The third kappa shape index (κ3) is 2.10. The fourth-order valence-corrected chi connectivity index (χ4v) is 2.81. The normalized spacial score (nSPS) is 25.1. The summed E-state index contributed by atoms with van der Waals surface area (Å²) in [6, 6.07) is 12.8. The minimum absolute atomic E-state index is 0.325. The average Bonchev–Trinajstić information content (AvgIpc) is 2.19. The van der Waals surface area contributed by atoms with Crippen LogP contribution < -0.4 is 0 Å². The SMILES string of the molecule is N#C[C@@H]1CC[C@H]1CSc1ccccc1. The van der Waals surface area contributed by atoms with Gasteiger partial charge in [-0.3, -0.25) is 0 Å². The minimum Gasteiger partial charge on any atom is -0.198 e. The monoisotopic (exact) mass is 203 g/mol. The van der Waals surface area contributed by atoms with Crippen molar-refractivity contribution >= 4 is 11.8 Å². The molecule has 0 radical (unpaired) electrons. The van der Waals surface area contributed by atoms with Crippen LogP contribution in [-0.2, 0) is 0 Å². The zero-order valence-electron chi connectivity index (χ0n) is 8.02. The Bertz CT molecular complexity index is 328. The Morgan fingerprint density at radius 3 is 2.64 bits per heavy atom. The van der Waals surface area contributed by atoms with Gasteiger partial charge in [0.25, 0.3) is 0 Å². The van der Waals surface area contributed by atoms with E-state index >= 15 is 0 Å². The lowest BCUT2D eigenvalue weighted by Gasteiger charge is -2.30. The highest BCUT2D eigenvalue weighted by atomic mass is 32.2. The van der Waals surface area contributed by atoms with Crippen LogP contribution in [0.15, 0.2) is 35.2 Å². The van der Waals surface area contributed by atoms with Crippen molar-refractivity contribution in [1.82, 2.24) is 0 Å². The molecule has 0 bridgehead atoms. The van der Waals surface area contributed by atoms with E-state index in [0.717, 1.165) is 12.2 Å². The lowest BCUT2D eigenvalue weighted by atomic mass is 9.76. The van der Waals surface area contributed by atoms with Crippen LogP contribution >= 0.6 is 11.8 Å². The molecular weight excluding hydrogens is 190 g/mol. The molecule has 14 heavy (non-hydrogen) atoms. The highest BCUT2D eigenvalue weighted by molar-refractivity contribution is 7.99. The first-order valence-corrected chi connectivity index (χ1v) is 5.96. The third-order valence-corrected chi connectivity index (χ3v) is 3.99. The van der Waals surface area contributed by atoms with Crippen LogP contribution in [0.5, 0.6) is 0 Å². The molecule has 1 aliphatic carbocycles. The fraction of sp³-hybridized carbons (Fsp3) is 0.417. The maximum Gasteiger partial charge on any atom is 0.0659 e. The minimum atomic E-state index is 0.325. The van der Waals surface area contributed by atoms with Crippen LogP contribution in [0.2, 0.25) is 0 Å². The third-order valence-electron chi connectivity index (χ3n) is 2.79. The standard InChI is InChI=1S/C12H13NS/c13-8-10-6-7-11(10)9-14-12-4-2-1-3-5-12/h1-5,10-11H,6-7,9H2/t10-,11-/m0/s1. The molecule has 0 heterocycles. The van der Waals surface area contributed by atoms with E-state index < -0.39 is 0 Å². The van der Waals surface area contributed by atoms with Gasteiger partial charge in [-0.25, -0.2) is 0 Å². The second kappa shape index (κ2) is 4.52. The van der Waals surface area contributed by atoms with E-state index in [4.69, 9.17) is 5.26 Å². The summed E-state index contributed by atoms with van der Waals surface area (Å²) in [5, 5.41) is 8.79. The molecule has 0 aliphatic heterocycles. The number of thioether (sulfide) groups is 1. The van der Waals surface area contributed by atoms with Gasteiger partial charge < -0.3 is 0 Å². The largest absolute Gasteiger partial charge is 0.198 e. The van der Waals surface area contributed by atoms with E-state index in [-0.39, 0.29) is 0 Å². The second-order valence-electron chi connectivity index (χ2n) is 3.70. The Morgan fingerprint density at radius 2 is 2.07 bits per heavy atom. The Morgan fingerprint density at radius 1 is 1.29 bits per heavy atom. The van der Waals surface area contributed by atoms with Crippen molar-refractivity contribution in [3.63, 3.8) is 0 Å². The highest BCUT2D eigenvalue weighted by Gasteiger charge is 2.30. The second-order valence-corrected chi connectivity index (χ2v) is 4.79.